The van der Waals surface area contributed by atoms with Gasteiger partial charge in [0.2, 0.25) is 5.91 Å². The van der Waals surface area contributed by atoms with Crippen LogP contribution >= 0.6 is 0 Å². The summed E-state index contributed by atoms with van der Waals surface area (Å²) in [7, 11) is 0. The van der Waals surface area contributed by atoms with Crippen molar-refractivity contribution >= 4 is 11.9 Å². The number of carbonyl (C=O) groups excluding carboxylic acids is 1. The smallest absolute Gasteiger partial charge is 0.330 e. The van der Waals surface area contributed by atoms with Crippen LogP contribution in [0.15, 0.2) is 11.8 Å². The standard InChI is InChI=1S/C11H18N2O4/c1-2-17-7-8(6-10(14)15)13-11(16)9-4-3-5-12-9/h6,9,12H,2-5,7H2,1H3,(H,13,16)(H,14,15)/b8-6+. The Morgan fingerprint density at radius 3 is 2.88 bits per heavy atom. The summed E-state index contributed by atoms with van der Waals surface area (Å²) < 4.78 is 5.09. The Bertz CT molecular complexity index is 309. The van der Waals surface area contributed by atoms with Gasteiger partial charge in [-0.2, -0.15) is 0 Å². The maximum atomic E-state index is 11.7. The average molecular weight is 242 g/mol. The van der Waals surface area contributed by atoms with E-state index in [1.807, 2.05) is 0 Å². The van der Waals surface area contributed by atoms with Crippen molar-refractivity contribution in [2.45, 2.75) is 25.8 Å². The number of aliphatic carboxylic acids is 1. The fourth-order valence-corrected chi connectivity index (χ4v) is 1.63. The number of amides is 1. The molecule has 0 aromatic rings. The number of ether oxygens (including phenoxy) is 1. The number of hydrogen-bond donors (Lipinski definition) is 3. The third kappa shape index (κ3) is 4.97. The van der Waals surface area contributed by atoms with Crippen LogP contribution in [0, 0.1) is 0 Å². The summed E-state index contributed by atoms with van der Waals surface area (Å²) >= 11 is 0. The van der Waals surface area contributed by atoms with Crippen molar-refractivity contribution in [3.63, 3.8) is 0 Å². The van der Waals surface area contributed by atoms with Gasteiger partial charge in [-0.1, -0.05) is 0 Å². The van der Waals surface area contributed by atoms with Gasteiger partial charge >= 0.3 is 5.97 Å². The zero-order valence-electron chi connectivity index (χ0n) is 9.86. The number of rotatable bonds is 6. The topological polar surface area (TPSA) is 87.7 Å². The molecule has 1 saturated heterocycles. The SMILES string of the molecule is CCOC/C(=C\C(=O)O)NC(=O)C1CCCN1. The normalized spacial score (nSPS) is 20.3. The molecule has 0 bridgehead atoms. The summed E-state index contributed by atoms with van der Waals surface area (Å²) in [5.41, 5.74) is 0.276. The van der Waals surface area contributed by atoms with E-state index in [9.17, 15) is 9.59 Å². The minimum Gasteiger partial charge on any atom is -0.478 e. The van der Waals surface area contributed by atoms with Crippen molar-refractivity contribution in [2.24, 2.45) is 0 Å². The monoisotopic (exact) mass is 242 g/mol. The van der Waals surface area contributed by atoms with E-state index in [1.54, 1.807) is 6.92 Å². The van der Waals surface area contributed by atoms with Crippen LogP contribution in [0.4, 0.5) is 0 Å². The Morgan fingerprint density at radius 1 is 1.59 bits per heavy atom. The van der Waals surface area contributed by atoms with E-state index in [1.165, 1.54) is 0 Å². The largest absolute Gasteiger partial charge is 0.478 e. The minimum absolute atomic E-state index is 0.0985. The van der Waals surface area contributed by atoms with Crippen molar-refractivity contribution in [1.29, 1.82) is 0 Å². The highest BCUT2D eigenvalue weighted by molar-refractivity contribution is 5.86. The van der Waals surface area contributed by atoms with Gasteiger partial charge in [-0.15, -0.1) is 0 Å². The van der Waals surface area contributed by atoms with Crippen molar-refractivity contribution in [2.75, 3.05) is 19.8 Å². The quantitative estimate of drug-likeness (QED) is 0.564. The zero-order chi connectivity index (χ0) is 12.7. The van der Waals surface area contributed by atoms with Crippen LogP contribution in [0.5, 0.6) is 0 Å². The van der Waals surface area contributed by atoms with Crippen LogP contribution in [-0.4, -0.2) is 42.8 Å². The lowest BCUT2D eigenvalue weighted by Crippen LogP contribution is -2.40. The minimum atomic E-state index is -1.10. The molecule has 17 heavy (non-hydrogen) atoms. The highest BCUT2D eigenvalue weighted by Gasteiger charge is 2.22. The zero-order valence-corrected chi connectivity index (χ0v) is 9.86. The second-order valence-corrected chi connectivity index (χ2v) is 3.78. The molecule has 0 aromatic carbocycles. The van der Waals surface area contributed by atoms with E-state index in [2.05, 4.69) is 10.6 Å². The summed E-state index contributed by atoms with van der Waals surface area (Å²) in [5, 5.41) is 14.3. The molecule has 1 unspecified atom stereocenters. The van der Waals surface area contributed by atoms with E-state index in [-0.39, 0.29) is 24.3 Å². The molecule has 0 aliphatic carbocycles. The van der Waals surface area contributed by atoms with E-state index in [0.717, 1.165) is 25.5 Å². The molecule has 1 fully saturated rings. The fraction of sp³-hybridized carbons (Fsp3) is 0.636. The first-order valence-corrected chi connectivity index (χ1v) is 5.69. The highest BCUT2D eigenvalue weighted by Crippen LogP contribution is 2.05. The first-order valence-electron chi connectivity index (χ1n) is 5.69. The molecule has 1 atom stereocenters. The van der Waals surface area contributed by atoms with Crippen molar-refractivity contribution in [3.05, 3.63) is 11.8 Å². The van der Waals surface area contributed by atoms with E-state index < -0.39 is 5.97 Å². The first kappa shape index (κ1) is 13.7. The third-order valence-electron chi connectivity index (χ3n) is 2.42. The van der Waals surface area contributed by atoms with E-state index in [4.69, 9.17) is 9.84 Å². The van der Waals surface area contributed by atoms with Crippen LogP contribution in [0.2, 0.25) is 0 Å². The summed E-state index contributed by atoms with van der Waals surface area (Å²) in [6.45, 7) is 3.19. The van der Waals surface area contributed by atoms with Gasteiger partial charge in [0.15, 0.2) is 0 Å². The van der Waals surface area contributed by atoms with Crippen molar-refractivity contribution in [1.82, 2.24) is 10.6 Å². The summed E-state index contributed by atoms with van der Waals surface area (Å²) in [4.78, 5) is 22.3. The number of hydrogen-bond acceptors (Lipinski definition) is 4. The molecular formula is C11H18N2O4. The third-order valence-corrected chi connectivity index (χ3v) is 2.42. The molecule has 1 amide bonds. The molecule has 1 aliphatic heterocycles. The molecule has 0 spiro atoms. The predicted octanol–water partition coefficient (Wildman–Crippen LogP) is -0.140. The van der Waals surface area contributed by atoms with Gasteiger partial charge in [-0.3, -0.25) is 4.79 Å². The van der Waals surface area contributed by atoms with Gasteiger partial charge in [-0.05, 0) is 26.3 Å². The molecule has 96 valence electrons. The van der Waals surface area contributed by atoms with Gasteiger partial charge in [0, 0.05) is 12.7 Å². The van der Waals surface area contributed by atoms with E-state index >= 15 is 0 Å². The Kier molecular flexibility index (Phi) is 5.65. The summed E-state index contributed by atoms with van der Waals surface area (Å²) in [6.07, 6.45) is 2.70. The average Bonchev–Trinajstić information content (AvgIpc) is 2.78. The van der Waals surface area contributed by atoms with Gasteiger partial charge in [0.25, 0.3) is 0 Å². The second kappa shape index (κ2) is 7.03. The van der Waals surface area contributed by atoms with Gasteiger partial charge in [0.1, 0.15) is 0 Å². The molecular weight excluding hydrogens is 224 g/mol. The van der Waals surface area contributed by atoms with Crippen LogP contribution in [0.1, 0.15) is 19.8 Å². The van der Waals surface area contributed by atoms with Crippen molar-refractivity contribution < 1.29 is 19.4 Å². The predicted molar refractivity (Wildman–Crippen MR) is 61.4 cm³/mol. The van der Waals surface area contributed by atoms with Crippen LogP contribution in [-0.2, 0) is 14.3 Å². The molecule has 0 saturated carbocycles. The first-order chi connectivity index (χ1) is 8.13. The van der Waals surface area contributed by atoms with Crippen LogP contribution in [0.25, 0.3) is 0 Å². The molecule has 1 aliphatic rings. The number of nitrogens with one attached hydrogen (secondary N) is 2. The Balaban J connectivity index is 2.52. The number of carbonyl (C=O) groups is 2. The van der Waals surface area contributed by atoms with Gasteiger partial charge < -0.3 is 20.5 Å². The lowest BCUT2D eigenvalue weighted by molar-refractivity contribution is -0.131. The second-order valence-electron chi connectivity index (χ2n) is 3.78. The molecule has 0 radical (unpaired) electrons. The maximum absolute atomic E-state index is 11.7. The van der Waals surface area contributed by atoms with Gasteiger partial charge in [0.05, 0.1) is 18.3 Å². The van der Waals surface area contributed by atoms with Gasteiger partial charge in [-0.25, -0.2) is 4.79 Å². The summed E-state index contributed by atoms with van der Waals surface area (Å²) in [5.74, 6) is -1.30. The number of carboxylic acids is 1. The fourth-order valence-electron chi connectivity index (χ4n) is 1.63. The Hall–Kier alpha value is -1.40. The van der Waals surface area contributed by atoms with Crippen LogP contribution in [0.3, 0.4) is 0 Å². The maximum Gasteiger partial charge on any atom is 0.330 e. The summed E-state index contributed by atoms with van der Waals surface area (Å²) in [6, 6.07) is -0.228. The highest BCUT2D eigenvalue weighted by atomic mass is 16.5. The van der Waals surface area contributed by atoms with Crippen LogP contribution < -0.4 is 10.6 Å². The molecule has 1 rings (SSSR count). The lowest BCUT2D eigenvalue weighted by Gasteiger charge is -2.13. The molecule has 6 nitrogen and oxygen atoms in total. The number of carboxylic acid groups (broad SMARTS) is 1. The lowest BCUT2D eigenvalue weighted by atomic mass is 10.2. The molecule has 6 heteroatoms. The Labute approximate surface area is 100 Å². The molecule has 0 aromatic heterocycles. The molecule has 3 N–H and O–H groups in total. The van der Waals surface area contributed by atoms with E-state index in [0.29, 0.717) is 6.61 Å². The molecule has 1 heterocycles. The van der Waals surface area contributed by atoms with Crippen molar-refractivity contribution in [3.8, 4) is 0 Å². The Morgan fingerprint density at radius 2 is 2.35 bits per heavy atom.